The second kappa shape index (κ2) is 9.30. The molecular weight excluding hydrogens is 415 g/mol. The van der Waals surface area contributed by atoms with Crippen molar-refractivity contribution in [1.82, 2.24) is 9.80 Å². The van der Waals surface area contributed by atoms with Crippen LogP contribution in [0.15, 0.2) is 48.5 Å². The fourth-order valence-corrected chi connectivity index (χ4v) is 5.79. The number of hydrogen-bond donors (Lipinski definition) is 0. The van der Waals surface area contributed by atoms with Crippen LogP contribution in [-0.4, -0.2) is 41.9 Å². The standard InChI is InChI=1S/C25H30Cl2N2O/c1-19(30)29-13-5-12-25(18-29,21-6-3-2-4-7-21)22-10-14-28(15-11-22)17-20-8-9-23(26)24(27)16-20/h2-4,6-9,16,22H,5,10-15,17-18H2,1H3. The average Bonchev–Trinajstić information content (AvgIpc) is 2.77. The summed E-state index contributed by atoms with van der Waals surface area (Å²) in [7, 11) is 0. The molecule has 30 heavy (non-hydrogen) atoms. The molecule has 4 rings (SSSR count). The number of hydrogen-bond acceptors (Lipinski definition) is 2. The van der Waals surface area contributed by atoms with E-state index in [0.717, 1.165) is 58.4 Å². The predicted octanol–water partition coefficient (Wildman–Crippen LogP) is 5.79. The molecular formula is C25H30Cl2N2O. The summed E-state index contributed by atoms with van der Waals surface area (Å²) in [5.41, 5.74) is 2.68. The van der Waals surface area contributed by atoms with Crippen LogP contribution in [0.1, 0.15) is 43.7 Å². The summed E-state index contributed by atoms with van der Waals surface area (Å²) in [5.74, 6) is 0.791. The number of benzene rings is 2. The molecule has 2 fully saturated rings. The summed E-state index contributed by atoms with van der Waals surface area (Å²) in [6.07, 6.45) is 4.56. The van der Waals surface area contributed by atoms with Crippen LogP contribution < -0.4 is 0 Å². The first-order chi connectivity index (χ1) is 14.5. The van der Waals surface area contributed by atoms with Crippen molar-refractivity contribution in [3.63, 3.8) is 0 Å². The lowest BCUT2D eigenvalue weighted by Crippen LogP contribution is -2.53. The van der Waals surface area contributed by atoms with Gasteiger partial charge in [0.1, 0.15) is 0 Å². The number of piperidine rings is 2. The Balaban J connectivity index is 1.49. The molecule has 1 unspecified atom stereocenters. The van der Waals surface area contributed by atoms with E-state index >= 15 is 0 Å². The van der Waals surface area contributed by atoms with Crippen molar-refractivity contribution in [3.8, 4) is 0 Å². The molecule has 1 amide bonds. The molecule has 2 aliphatic heterocycles. The van der Waals surface area contributed by atoms with Gasteiger partial charge in [0, 0.05) is 32.0 Å². The second-order valence-electron chi connectivity index (χ2n) is 8.87. The van der Waals surface area contributed by atoms with Gasteiger partial charge in [0.25, 0.3) is 0 Å². The Hall–Kier alpha value is -1.55. The molecule has 2 aromatic rings. The molecule has 2 heterocycles. The highest BCUT2D eigenvalue weighted by atomic mass is 35.5. The lowest BCUT2D eigenvalue weighted by molar-refractivity contribution is -0.132. The molecule has 0 spiro atoms. The van der Waals surface area contributed by atoms with Crippen LogP contribution >= 0.6 is 23.2 Å². The fourth-order valence-electron chi connectivity index (χ4n) is 5.47. The van der Waals surface area contributed by atoms with E-state index in [9.17, 15) is 4.79 Å². The zero-order valence-electron chi connectivity index (χ0n) is 17.6. The van der Waals surface area contributed by atoms with Crippen molar-refractivity contribution in [1.29, 1.82) is 0 Å². The molecule has 5 heteroatoms. The van der Waals surface area contributed by atoms with Gasteiger partial charge in [-0.05, 0) is 68.0 Å². The second-order valence-corrected chi connectivity index (χ2v) is 9.68. The van der Waals surface area contributed by atoms with E-state index in [4.69, 9.17) is 23.2 Å². The molecule has 1 atom stereocenters. The van der Waals surface area contributed by atoms with Gasteiger partial charge in [-0.2, -0.15) is 0 Å². The highest BCUT2D eigenvalue weighted by Gasteiger charge is 2.44. The number of nitrogens with zero attached hydrogens (tertiary/aromatic N) is 2. The van der Waals surface area contributed by atoms with Crippen LogP contribution in [0, 0.1) is 5.92 Å². The third-order valence-electron chi connectivity index (χ3n) is 7.08. The summed E-state index contributed by atoms with van der Waals surface area (Å²) in [6, 6.07) is 16.8. The molecule has 0 radical (unpaired) electrons. The van der Waals surface area contributed by atoms with E-state index in [2.05, 4.69) is 46.2 Å². The molecule has 0 bridgehead atoms. The monoisotopic (exact) mass is 444 g/mol. The first-order valence-electron chi connectivity index (χ1n) is 11.0. The number of carbonyl (C=O) groups is 1. The quantitative estimate of drug-likeness (QED) is 0.595. The van der Waals surface area contributed by atoms with Gasteiger partial charge in [0.15, 0.2) is 0 Å². The first kappa shape index (κ1) is 21.7. The Morgan fingerprint density at radius 3 is 2.43 bits per heavy atom. The van der Waals surface area contributed by atoms with Gasteiger partial charge >= 0.3 is 0 Å². The summed E-state index contributed by atoms with van der Waals surface area (Å²) >= 11 is 12.3. The normalized spacial score (nSPS) is 23.5. The minimum Gasteiger partial charge on any atom is -0.342 e. The van der Waals surface area contributed by atoms with Gasteiger partial charge in [-0.1, -0.05) is 59.6 Å². The molecule has 2 saturated heterocycles. The van der Waals surface area contributed by atoms with E-state index in [-0.39, 0.29) is 11.3 Å². The summed E-state index contributed by atoms with van der Waals surface area (Å²) in [5, 5.41) is 1.23. The smallest absolute Gasteiger partial charge is 0.219 e. The molecule has 0 saturated carbocycles. The first-order valence-corrected chi connectivity index (χ1v) is 11.7. The fraction of sp³-hybridized carbons (Fsp3) is 0.480. The van der Waals surface area contributed by atoms with Crippen LogP contribution in [-0.2, 0) is 16.8 Å². The van der Waals surface area contributed by atoms with E-state index in [1.807, 2.05) is 12.1 Å². The van der Waals surface area contributed by atoms with Crippen molar-refractivity contribution < 1.29 is 4.79 Å². The predicted molar refractivity (Wildman–Crippen MR) is 124 cm³/mol. The molecule has 0 aromatic heterocycles. The topological polar surface area (TPSA) is 23.6 Å². The van der Waals surface area contributed by atoms with E-state index in [1.54, 1.807) is 6.92 Å². The van der Waals surface area contributed by atoms with Crippen LogP contribution in [0.5, 0.6) is 0 Å². The summed E-state index contributed by atoms with van der Waals surface area (Å²) in [6.45, 7) is 6.49. The Morgan fingerprint density at radius 2 is 1.77 bits per heavy atom. The Bertz CT molecular complexity index is 880. The highest BCUT2D eigenvalue weighted by Crippen LogP contribution is 2.45. The minimum atomic E-state index is 0.0703. The maximum atomic E-state index is 12.2. The maximum absolute atomic E-state index is 12.2. The van der Waals surface area contributed by atoms with Crippen molar-refractivity contribution >= 4 is 29.1 Å². The number of carbonyl (C=O) groups excluding carboxylic acids is 1. The van der Waals surface area contributed by atoms with Gasteiger partial charge in [-0.25, -0.2) is 0 Å². The van der Waals surface area contributed by atoms with Gasteiger partial charge < -0.3 is 4.90 Å². The van der Waals surface area contributed by atoms with Gasteiger partial charge in [-0.3, -0.25) is 9.69 Å². The lowest BCUT2D eigenvalue weighted by Gasteiger charge is -2.50. The Morgan fingerprint density at radius 1 is 1.03 bits per heavy atom. The van der Waals surface area contributed by atoms with Crippen molar-refractivity contribution in [2.75, 3.05) is 26.2 Å². The summed E-state index contributed by atoms with van der Waals surface area (Å²) in [4.78, 5) is 16.8. The molecule has 160 valence electrons. The average molecular weight is 445 g/mol. The molecule has 0 N–H and O–H groups in total. The summed E-state index contributed by atoms with van der Waals surface area (Å²) < 4.78 is 0. The van der Waals surface area contributed by atoms with E-state index in [0.29, 0.717) is 16.0 Å². The maximum Gasteiger partial charge on any atom is 0.219 e. The number of likely N-dealkylation sites (tertiary alicyclic amines) is 2. The largest absolute Gasteiger partial charge is 0.342 e. The number of halogens is 2. The molecule has 0 aliphatic carbocycles. The number of amides is 1. The zero-order valence-corrected chi connectivity index (χ0v) is 19.1. The lowest BCUT2D eigenvalue weighted by atomic mass is 9.62. The van der Waals surface area contributed by atoms with Crippen LogP contribution in [0.2, 0.25) is 10.0 Å². The molecule has 2 aromatic carbocycles. The van der Waals surface area contributed by atoms with Crippen molar-refractivity contribution in [2.24, 2.45) is 5.92 Å². The van der Waals surface area contributed by atoms with E-state index in [1.165, 1.54) is 11.1 Å². The molecule has 2 aliphatic rings. The highest BCUT2D eigenvalue weighted by molar-refractivity contribution is 6.42. The van der Waals surface area contributed by atoms with Crippen molar-refractivity contribution in [3.05, 3.63) is 69.7 Å². The van der Waals surface area contributed by atoms with Gasteiger partial charge in [0.05, 0.1) is 10.0 Å². The van der Waals surface area contributed by atoms with Gasteiger partial charge in [0.2, 0.25) is 5.91 Å². The van der Waals surface area contributed by atoms with Crippen LogP contribution in [0.25, 0.3) is 0 Å². The third kappa shape index (κ3) is 4.54. The number of rotatable bonds is 4. The zero-order chi connectivity index (χ0) is 21.1. The SMILES string of the molecule is CC(=O)N1CCCC(c2ccccc2)(C2CCN(Cc3ccc(Cl)c(Cl)c3)CC2)C1. The van der Waals surface area contributed by atoms with Crippen LogP contribution in [0.3, 0.4) is 0 Å². The van der Waals surface area contributed by atoms with Crippen molar-refractivity contribution in [2.45, 2.75) is 44.6 Å². The Kier molecular flexibility index (Phi) is 6.72. The van der Waals surface area contributed by atoms with Gasteiger partial charge in [-0.15, -0.1) is 0 Å². The minimum absolute atomic E-state index is 0.0703. The third-order valence-corrected chi connectivity index (χ3v) is 7.82. The molecule has 3 nitrogen and oxygen atoms in total. The van der Waals surface area contributed by atoms with E-state index < -0.39 is 0 Å². The van der Waals surface area contributed by atoms with Crippen LogP contribution in [0.4, 0.5) is 0 Å². The Labute approximate surface area is 190 Å².